The molecule has 1 aromatic carbocycles. The Morgan fingerprint density at radius 1 is 1.32 bits per heavy atom. The number of carbonyl (C=O) groups is 1. The summed E-state index contributed by atoms with van der Waals surface area (Å²) < 4.78 is 15.0. The third-order valence-corrected chi connectivity index (χ3v) is 4.99. The fraction of sp³-hybridized carbons (Fsp3) is 0.524. The highest BCUT2D eigenvalue weighted by Crippen LogP contribution is 2.19. The molecule has 0 aliphatic carbocycles. The fourth-order valence-corrected chi connectivity index (χ4v) is 3.56. The van der Waals surface area contributed by atoms with Crippen LogP contribution in [0.25, 0.3) is 0 Å². The predicted molar refractivity (Wildman–Crippen MR) is 105 cm³/mol. The number of aliphatic hydroxyl groups is 1. The molecule has 2 heterocycles. The summed E-state index contributed by atoms with van der Waals surface area (Å²) in [6.45, 7) is 6.57. The molecule has 0 radical (unpaired) electrons. The molecule has 2 aromatic rings. The molecule has 2 N–H and O–H groups in total. The van der Waals surface area contributed by atoms with Gasteiger partial charge in [-0.2, -0.15) is 5.10 Å². The second-order valence-corrected chi connectivity index (χ2v) is 7.85. The molecule has 2 unspecified atom stereocenters. The highest BCUT2D eigenvalue weighted by Gasteiger charge is 2.24. The lowest BCUT2D eigenvalue weighted by atomic mass is 10.1. The van der Waals surface area contributed by atoms with E-state index in [0.29, 0.717) is 17.8 Å². The third-order valence-electron chi connectivity index (χ3n) is 4.99. The van der Waals surface area contributed by atoms with Gasteiger partial charge in [0, 0.05) is 19.3 Å². The van der Waals surface area contributed by atoms with E-state index < -0.39 is 6.10 Å². The summed E-state index contributed by atoms with van der Waals surface area (Å²) >= 11 is 0. The number of nitrogens with zero attached hydrogens (tertiary/aromatic N) is 3. The second-order valence-electron chi connectivity index (χ2n) is 7.85. The Kier molecular flexibility index (Phi) is 6.80. The molecule has 3 rings (SSSR count). The zero-order chi connectivity index (χ0) is 20.1. The first-order valence-electron chi connectivity index (χ1n) is 9.92. The molecule has 28 heavy (non-hydrogen) atoms. The van der Waals surface area contributed by atoms with Crippen molar-refractivity contribution in [3.05, 3.63) is 53.6 Å². The molecule has 0 bridgehead atoms. The number of halogens is 1. The van der Waals surface area contributed by atoms with Gasteiger partial charge in [0.2, 0.25) is 0 Å². The SMILES string of the molecule is CC(C)CN(CC(O)c1ccc(F)cc1)C(=O)c1ccn(C2CCCNC2)n1. The highest BCUT2D eigenvalue weighted by molar-refractivity contribution is 5.92. The molecule has 152 valence electrons. The summed E-state index contributed by atoms with van der Waals surface area (Å²) in [7, 11) is 0. The van der Waals surface area contributed by atoms with Crippen molar-refractivity contribution in [2.24, 2.45) is 5.92 Å². The number of carbonyl (C=O) groups excluding carboxylic acids is 1. The van der Waals surface area contributed by atoms with E-state index in [1.54, 1.807) is 23.1 Å². The van der Waals surface area contributed by atoms with Crippen molar-refractivity contribution in [3.8, 4) is 0 Å². The number of piperidine rings is 1. The molecular weight excluding hydrogens is 359 g/mol. The summed E-state index contributed by atoms with van der Waals surface area (Å²) in [5.74, 6) is -0.305. The molecule has 7 heteroatoms. The second kappa shape index (κ2) is 9.30. The molecule has 6 nitrogen and oxygen atoms in total. The maximum Gasteiger partial charge on any atom is 0.274 e. The Hall–Kier alpha value is -2.25. The lowest BCUT2D eigenvalue weighted by Gasteiger charge is -2.27. The number of amides is 1. The van der Waals surface area contributed by atoms with Crippen LogP contribution < -0.4 is 5.32 Å². The van der Waals surface area contributed by atoms with Crippen LogP contribution in [0.15, 0.2) is 36.5 Å². The van der Waals surface area contributed by atoms with Crippen LogP contribution >= 0.6 is 0 Å². The normalized spacial score (nSPS) is 18.2. The number of hydrogen-bond acceptors (Lipinski definition) is 4. The van der Waals surface area contributed by atoms with Gasteiger partial charge in [0.25, 0.3) is 5.91 Å². The molecule has 1 amide bonds. The Bertz CT molecular complexity index is 769. The summed E-state index contributed by atoms with van der Waals surface area (Å²) in [5, 5.41) is 18.4. The number of benzene rings is 1. The van der Waals surface area contributed by atoms with Crippen molar-refractivity contribution in [2.75, 3.05) is 26.2 Å². The molecule has 1 fully saturated rings. The van der Waals surface area contributed by atoms with Crippen molar-refractivity contribution >= 4 is 5.91 Å². The largest absolute Gasteiger partial charge is 0.387 e. The van der Waals surface area contributed by atoms with Crippen molar-refractivity contribution < 1.29 is 14.3 Å². The zero-order valence-corrected chi connectivity index (χ0v) is 16.5. The van der Waals surface area contributed by atoms with Gasteiger partial charge in [0.05, 0.1) is 18.7 Å². The summed E-state index contributed by atoms with van der Waals surface area (Å²) in [5.41, 5.74) is 0.972. The van der Waals surface area contributed by atoms with Crippen molar-refractivity contribution in [1.82, 2.24) is 20.0 Å². The van der Waals surface area contributed by atoms with E-state index in [0.717, 1.165) is 25.9 Å². The van der Waals surface area contributed by atoms with Gasteiger partial charge in [0.15, 0.2) is 0 Å². The highest BCUT2D eigenvalue weighted by atomic mass is 19.1. The number of aliphatic hydroxyl groups excluding tert-OH is 1. The summed E-state index contributed by atoms with van der Waals surface area (Å²) in [4.78, 5) is 14.7. The van der Waals surface area contributed by atoms with Gasteiger partial charge in [-0.25, -0.2) is 4.39 Å². The zero-order valence-electron chi connectivity index (χ0n) is 16.5. The van der Waals surface area contributed by atoms with Crippen molar-refractivity contribution in [1.29, 1.82) is 0 Å². The van der Waals surface area contributed by atoms with Crippen LogP contribution in [0.2, 0.25) is 0 Å². The number of aromatic nitrogens is 2. The first-order valence-corrected chi connectivity index (χ1v) is 9.92. The van der Waals surface area contributed by atoms with E-state index in [-0.39, 0.29) is 30.2 Å². The van der Waals surface area contributed by atoms with Gasteiger partial charge < -0.3 is 15.3 Å². The fourth-order valence-electron chi connectivity index (χ4n) is 3.56. The Balaban J connectivity index is 1.72. The minimum atomic E-state index is -0.882. The molecule has 1 aliphatic rings. The van der Waals surface area contributed by atoms with Gasteiger partial charge in [-0.1, -0.05) is 26.0 Å². The average molecular weight is 388 g/mol. The molecule has 2 atom stereocenters. The van der Waals surface area contributed by atoms with E-state index in [4.69, 9.17) is 0 Å². The first kappa shape index (κ1) is 20.5. The number of hydrogen-bond donors (Lipinski definition) is 2. The van der Waals surface area contributed by atoms with Crippen molar-refractivity contribution in [3.63, 3.8) is 0 Å². The van der Waals surface area contributed by atoms with Gasteiger partial charge in [-0.3, -0.25) is 9.48 Å². The van der Waals surface area contributed by atoms with Gasteiger partial charge in [0.1, 0.15) is 11.5 Å². The number of rotatable bonds is 7. The van der Waals surface area contributed by atoms with E-state index in [9.17, 15) is 14.3 Å². The molecule has 1 saturated heterocycles. The van der Waals surface area contributed by atoms with Gasteiger partial charge in [-0.05, 0) is 49.1 Å². The molecule has 0 spiro atoms. The molecule has 1 aromatic heterocycles. The lowest BCUT2D eigenvalue weighted by Crippen LogP contribution is -2.38. The van der Waals surface area contributed by atoms with Gasteiger partial charge in [-0.15, -0.1) is 0 Å². The summed E-state index contributed by atoms with van der Waals surface area (Å²) in [6.07, 6.45) is 3.11. The maximum absolute atomic E-state index is 13.1. The van der Waals surface area contributed by atoms with Crippen LogP contribution in [-0.2, 0) is 0 Å². The monoisotopic (exact) mass is 388 g/mol. The third kappa shape index (κ3) is 5.17. The Morgan fingerprint density at radius 3 is 2.71 bits per heavy atom. The first-order chi connectivity index (χ1) is 13.4. The van der Waals surface area contributed by atoms with Crippen LogP contribution in [0.5, 0.6) is 0 Å². The lowest BCUT2D eigenvalue weighted by molar-refractivity contribution is 0.0588. The number of nitrogens with one attached hydrogen (secondary N) is 1. The molecule has 0 saturated carbocycles. The minimum Gasteiger partial charge on any atom is -0.387 e. The van der Waals surface area contributed by atoms with Gasteiger partial charge >= 0.3 is 0 Å². The average Bonchev–Trinajstić information content (AvgIpc) is 3.18. The maximum atomic E-state index is 13.1. The predicted octanol–water partition coefficient (Wildman–Crippen LogP) is 2.78. The quantitative estimate of drug-likeness (QED) is 0.765. The van der Waals surface area contributed by atoms with Crippen LogP contribution in [-0.4, -0.2) is 51.9 Å². The van der Waals surface area contributed by atoms with Crippen LogP contribution in [0.3, 0.4) is 0 Å². The molecular formula is C21H29FN4O2. The van der Waals surface area contributed by atoms with Crippen LogP contribution in [0.4, 0.5) is 4.39 Å². The Labute approximate surface area is 165 Å². The smallest absolute Gasteiger partial charge is 0.274 e. The van der Waals surface area contributed by atoms with E-state index in [2.05, 4.69) is 10.4 Å². The van der Waals surface area contributed by atoms with Crippen LogP contribution in [0, 0.1) is 11.7 Å². The van der Waals surface area contributed by atoms with Crippen molar-refractivity contribution in [2.45, 2.75) is 38.8 Å². The Morgan fingerprint density at radius 2 is 2.07 bits per heavy atom. The van der Waals surface area contributed by atoms with Crippen LogP contribution in [0.1, 0.15) is 54.9 Å². The van der Waals surface area contributed by atoms with E-state index in [1.807, 2.05) is 24.7 Å². The topological polar surface area (TPSA) is 70.4 Å². The van der Waals surface area contributed by atoms with E-state index in [1.165, 1.54) is 12.1 Å². The summed E-state index contributed by atoms with van der Waals surface area (Å²) in [6, 6.07) is 7.72. The standard InChI is InChI=1S/C21H29FN4O2/c1-15(2)13-25(14-20(27)16-5-7-17(22)8-6-16)21(28)19-9-11-26(24-19)18-4-3-10-23-12-18/h5-9,11,15,18,20,23,27H,3-4,10,12-14H2,1-2H3. The molecule has 1 aliphatic heterocycles. The van der Waals surface area contributed by atoms with E-state index >= 15 is 0 Å². The minimum absolute atomic E-state index is 0.139.